The third-order valence-corrected chi connectivity index (χ3v) is 4.20. The smallest absolute Gasteiger partial charge is 0.145 e. The lowest BCUT2D eigenvalue weighted by molar-refractivity contribution is 0.232. The lowest BCUT2D eigenvalue weighted by atomic mass is 10.2. The molecular formula is C12H19IN4. The predicted molar refractivity (Wildman–Crippen MR) is 78.3 cm³/mol. The van der Waals surface area contributed by atoms with Crippen molar-refractivity contribution in [2.75, 3.05) is 31.1 Å². The summed E-state index contributed by atoms with van der Waals surface area (Å²) in [7, 11) is 0. The van der Waals surface area contributed by atoms with Gasteiger partial charge >= 0.3 is 0 Å². The summed E-state index contributed by atoms with van der Waals surface area (Å²) in [6.07, 6.45) is 4.76. The van der Waals surface area contributed by atoms with Crippen LogP contribution in [-0.2, 0) is 0 Å². The van der Waals surface area contributed by atoms with Crippen LogP contribution in [-0.4, -0.2) is 47.1 Å². The molecule has 4 nitrogen and oxygen atoms in total. The molecule has 0 spiro atoms. The SMILES string of the molecule is CCN(CC)C1CCN(c2ncncc2I)C1. The Balaban J connectivity index is 2.05. The van der Waals surface area contributed by atoms with Crippen molar-refractivity contribution in [1.82, 2.24) is 14.9 Å². The molecule has 0 amide bonds. The van der Waals surface area contributed by atoms with Gasteiger partial charge in [0.15, 0.2) is 0 Å². The lowest BCUT2D eigenvalue weighted by Gasteiger charge is -2.26. The molecule has 2 rings (SSSR count). The van der Waals surface area contributed by atoms with E-state index in [-0.39, 0.29) is 0 Å². The number of nitrogens with zero attached hydrogens (tertiary/aromatic N) is 4. The summed E-state index contributed by atoms with van der Waals surface area (Å²) < 4.78 is 1.14. The van der Waals surface area contributed by atoms with Crippen LogP contribution < -0.4 is 4.90 Å². The maximum atomic E-state index is 4.39. The molecule has 2 heterocycles. The molecule has 0 N–H and O–H groups in total. The zero-order valence-corrected chi connectivity index (χ0v) is 12.6. The molecule has 1 aliphatic heterocycles. The number of hydrogen-bond donors (Lipinski definition) is 0. The molecule has 0 saturated carbocycles. The molecule has 17 heavy (non-hydrogen) atoms. The first-order valence-electron chi connectivity index (χ1n) is 6.20. The normalized spacial score (nSPS) is 20.2. The van der Waals surface area contributed by atoms with Crippen molar-refractivity contribution in [2.24, 2.45) is 0 Å². The van der Waals surface area contributed by atoms with E-state index in [1.165, 1.54) is 6.42 Å². The number of anilines is 1. The van der Waals surface area contributed by atoms with E-state index < -0.39 is 0 Å². The predicted octanol–water partition coefficient (Wildman–Crippen LogP) is 2.00. The van der Waals surface area contributed by atoms with Crippen molar-refractivity contribution in [2.45, 2.75) is 26.3 Å². The van der Waals surface area contributed by atoms with Gasteiger partial charge in [0, 0.05) is 25.3 Å². The van der Waals surface area contributed by atoms with Crippen molar-refractivity contribution in [1.29, 1.82) is 0 Å². The Kier molecular flexibility index (Phi) is 4.55. The van der Waals surface area contributed by atoms with Gasteiger partial charge in [-0.15, -0.1) is 0 Å². The van der Waals surface area contributed by atoms with Gasteiger partial charge in [-0.2, -0.15) is 0 Å². The third-order valence-electron chi connectivity index (χ3n) is 3.44. The minimum atomic E-state index is 0.677. The van der Waals surface area contributed by atoms with E-state index in [9.17, 15) is 0 Å². The zero-order valence-electron chi connectivity index (χ0n) is 10.4. The highest BCUT2D eigenvalue weighted by molar-refractivity contribution is 14.1. The maximum Gasteiger partial charge on any atom is 0.145 e. The average molecular weight is 346 g/mol. The van der Waals surface area contributed by atoms with Crippen LogP contribution in [0.25, 0.3) is 0 Å². The largest absolute Gasteiger partial charge is 0.354 e. The Labute approximate surface area is 117 Å². The van der Waals surface area contributed by atoms with Gasteiger partial charge in [-0.05, 0) is 42.1 Å². The fourth-order valence-corrected chi connectivity index (χ4v) is 3.15. The molecule has 1 aliphatic rings. The molecule has 1 atom stereocenters. The quantitative estimate of drug-likeness (QED) is 0.781. The molecule has 5 heteroatoms. The fraction of sp³-hybridized carbons (Fsp3) is 0.667. The Morgan fingerprint density at radius 1 is 1.47 bits per heavy atom. The van der Waals surface area contributed by atoms with E-state index in [0.717, 1.165) is 35.6 Å². The Bertz CT molecular complexity index is 367. The number of likely N-dealkylation sites (N-methyl/N-ethyl adjacent to an activating group) is 1. The van der Waals surface area contributed by atoms with E-state index in [2.05, 4.69) is 56.2 Å². The first-order valence-corrected chi connectivity index (χ1v) is 7.28. The van der Waals surface area contributed by atoms with Crippen LogP contribution in [0.4, 0.5) is 5.82 Å². The molecule has 1 aromatic rings. The van der Waals surface area contributed by atoms with E-state index in [1.807, 2.05) is 6.20 Å². The minimum Gasteiger partial charge on any atom is -0.354 e. The van der Waals surface area contributed by atoms with Gasteiger partial charge in [0.1, 0.15) is 12.1 Å². The molecule has 1 aromatic heterocycles. The summed E-state index contributed by atoms with van der Waals surface area (Å²) in [6, 6.07) is 0.677. The summed E-state index contributed by atoms with van der Waals surface area (Å²) in [5.41, 5.74) is 0. The first kappa shape index (κ1) is 13.0. The fourth-order valence-electron chi connectivity index (χ4n) is 2.51. The number of halogens is 1. The van der Waals surface area contributed by atoms with Crippen molar-refractivity contribution in [3.63, 3.8) is 0 Å². The molecule has 1 saturated heterocycles. The number of aromatic nitrogens is 2. The second-order valence-corrected chi connectivity index (χ2v) is 5.47. The third kappa shape index (κ3) is 2.88. The Morgan fingerprint density at radius 3 is 2.88 bits per heavy atom. The summed E-state index contributed by atoms with van der Waals surface area (Å²) in [4.78, 5) is 13.4. The average Bonchev–Trinajstić information content (AvgIpc) is 2.81. The molecular weight excluding hydrogens is 327 g/mol. The van der Waals surface area contributed by atoms with Gasteiger partial charge in [0.05, 0.1) is 3.57 Å². The van der Waals surface area contributed by atoms with Crippen LogP contribution in [0.3, 0.4) is 0 Å². The monoisotopic (exact) mass is 346 g/mol. The summed E-state index contributed by atoms with van der Waals surface area (Å²) in [6.45, 7) is 8.94. The molecule has 94 valence electrons. The van der Waals surface area contributed by atoms with Gasteiger partial charge in [0.2, 0.25) is 0 Å². The van der Waals surface area contributed by atoms with E-state index in [1.54, 1.807) is 6.33 Å². The van der Waals surface area contributed by atoms with Gasteiger partial charge in [-0.25, -0.2) is 9.97 Å². The van der Waals surface area contributed by atoms with E-state index in [0.29, 0.717) is 6.04 Å². The number of rotatable bonds is 4. The van der Waals surface area contributed by atoms with E-state index >= 15 is 0 Å². The van der Waals surface area contributed by atoms with Gasteiger partial charge < -0.3 is 4.90 Å². The zero-order chi connectivity index (χ0) is 12.3. The van der Waals surface area contributed by atoms with Crippen LogP contribution in [0.5, 0.6) is 0 Å². The highest BCUT2D eigenvalue weighted by Gasteiger charge is 2.27. The standard InChI is InChI=1S/C12H19IN4/c1-3-16(4-2)10-5-6-17(8-10)12-11(13)7-14-9-15-12/h7,9-10H,3-6,8H2,1-2H3. The van der Waals surface area contributed by atoms with Crippen LogP contribution in [0.2, 0.25) is 0 Å². The van der Waals surface area contributed by atoms with Crippen LogP contribution in [0.1, 0.15) is 20.3 Å². The molecule has 0 aromatic carbocycles. The molecule has 1 fully saturated rings. The van der Waals surface area contributed by atoms with Gasteiger partial charge in [0.25, 0.3) is 0 Å². The minimum absolute atomic E-state index is 0.677. The topological polar surface area (TPSA) is 32.3 Å². The van der Waals surface area contributed by atoms with Crippen molar-refractivity contribution < 1.29 is 0 Å². The van der Waals surface area contributed by atoms with Crippen molar-refractivity contribution >= 4 is 28.4 Å². The van der Waals surface area contributed by atoms with Gasteiger partial charge in [-0.1, -0.05) is 13.8 Å². The second-order valence-electron chi connectivity index (χ2n) is 4.30. The van der Waals surface area contributed by atoms with Gasteiger partial charge in [-0.3, -0.25) is 4.90 Å². The number of hydrogen-bond acceptors (Lipinski definition) is 4. The Morgan fingerprint density at radius 2 is 2.24 bits per heavy atom. The summed E-state index contributed by atoms with van der Waals surface area (Å²) in [5.74, 6) is 1.09. The lowest BCUT2D eigenvalue weighted by Crippen LogP contribution is -2.37. The summed E-state index contributed by atoms with van der Waals surface area (Å²) in [5, 5.41) is 0. The summed E-state index contributed by atoms with van der Waals surface area (Å²) >= 11 is 2.31. The first-order chi connectivity index (χ1) is 8.26. The highest BCUT2D eigenvalue weighted by Crippen LogP contribution is 2.24. The van der Waals surface area contributed by atoms with Crippen LogP contribution >= 0.6 is 22.6 Å². The Hall–Kier alpha value is -0.430. The van der Waals surface area contributed by atoms with Crippen molar-refractivity contribution in [3.05, 3.63) is 16.1 Å². The molecule has 0 aliphatic carbocycles. The van der Waals surface area contributed by atoms with E-state index in [4.69, 9.17) is 0 Å². The van der Waals surface area contributed by atoms with Crippen molar-refractivity contribution in [3.8, 4) is 0 Å². The highest BCUT2D eigenvalue weighted by atomic mass is 127. The second kappa shape index (κ2) is 5.95. The maximum absolute atomic E-state index is 4.39. The molecule has 1 unspecified atom stereocenters. The van der Waals surface area contributed by atoms with Crippen LogP contribution in [0, 0.1) is 3.57 Å². The van der Waals surface area contributed by atoms with Crippen LogP contribution in [0.15, 0.2) is 12.5 Å². The molecule has 0 radical (unpaired) electrons. The molecule has 0 bridgehead atoms.